The summed E-state index contributed by atoms with van der Waals surface area (Å²) in [5.41, 5.74) is 3.41. The molecule has 0 unspecified atom stereocenters. The molecular weight excluding hydrogens is 348 g/mol. The van der Waals surface area contributed by atoms with Crippen molar-refractivity contribution in [1.82, 2.24) is 0 Å². The molecule has 6 heteroatoms. The van der Waals surface area contributed by atoms with Crippen LogP contribution in [-0.4, -0.2) is 38.2 Å². The van der Waals surface area contributed by atoms with Crippen LogP contribution in [0.25, 0.3) is 6.08 Å². The number of carbonyl (C=O) groups excluding carboxylic acids is 1. The minimum atomic E-state index is -0.402. The van der Waals surface area contributed by atoms with Gasteiger partial charge >= 0.3 is 5.97 Å². The van der Waals surface area contributed by atoms with Crippen LogP contribution in [0, 0.1) is 13.8 Å². The van der Waals surface area contributed by atoms with Gasteiger partial charge in [0.25, 0.3) is 0 Å². The van der Waals surface area contributed by atoms with Crippen molar-refractivity contribution in [3.8, 4) is 0 Å². The summed E-state index contributed by atoms with van der Waals surface area (Å²) < 4.78 is 10.8. The molecule has 0 atom stereocenters. The van der Waals surface area contributed by atoms with E-state index in [0.29, 0.717) is 11.6 Å². The summed E-state index contributed by atoms with van der Waals surface area (Å²) in [5, 5.41) is 1.19. The van der Waals surface area contributed by atoms with Crippen LogP contribution in [0.5, 0.6) is 0 Å². The number of hydrogen-bond acceptors (Lipinski definition) is 6. The van der Waals surface area contributed by atoms with Gasteiger partial charge in [-0.05, 0) is 44.2 Å². The fraction of sp³-hybridized carbons (Fsp3) is 0.300. The zero-order chi connectivity index (χ0) is 18.1. The average molecular weight is 368 g/mol. The van der Waals surface area contributed by atoms with Crippen LogP contribution < -0.4 is 4.90 Å². The lowest BCUT2D eigenvalue weighted by Crippen LogP contribution is -2.35. The van der Waals surface area contributed by atoms with Gasteiger partial charge in [0.1, 0.15) is 0 Å². The Bertz CT molecular complexity index is 887. The van der Waals surface area contributed by atoms with Crippen LogP contribution in [0.1, 0.15) is 21.6 Å². The molecule has 0 radical (unpaired) electrons. The molecule has 1 aromatic heterocycles. The summed E-state index contributed by atoms with van der Waals surface area (Å²) >= 11 is 1.65. The van der Waals surface area contributed by atoms with Crippen molar-refractivity contribution >= 4 is 34.3 Å². The molecule has 2 aliphatic rings. The number of thiophene rings is 1. The van der Waals surface area contributed by atoms with E-state index in [2.05, 4.69) is 22.0 Å². The van der Waals surface area contributed by atoms with Crippen LogP contribution in [0.2, 0.25) is 0 Å². The number of anilines is 1. The molecule has 1 fully saturated rings. The highest BCUT2D eigenvalue weighted by molar-refractivity contribution is 7.16. The minimum absolute atomic E-state index is 0.342. The van der Waals surface area contributed by atoms with Gasteiger partial charge in [-0.15, -0.1) is 11.3 Å². The minimum Gasteiger partial charge on any atom is -0.402 e. The van der Waals surface area contributed by atoms with Crippen LogP contribution in [0.3, 0.4) is 0 Å². The molecule has 0 saturated carbocycles. The van der Waals surface area contributed by atoms with Crippen molar-refractivity contribution in [3.63, 3.8) is 0 Å². The van der Waals surface area contributed by atoms with Gasteiger partial charge in [0.15, 0.2) is 5.70 Å². The molecule has 26 heavy (non-hydrogen) atoms. The van der Waals surface area contributed by atoms with Crippen LogP contribution in [0.4, 0.5) is 5.00 Å². The third kappa shape index (κ3) is 3.57. The number of rotatable bonds is 3. The van der Waals surface area contributed by atoms with E-state index >= 15 is 0 Å². The number of carbonyl (C=O) groups is 1. The Kier molecular flexibility index (Phi) is 4.61. The number of aryl methyl sites for hydroxylation is 2. The van der Waals surface area contributed by atoms with E-state index in [1.807, 2.05) is 32.0 Å². The number of hydrogen-bond donors (Lipinski definition) is 0. The summed E-state index contributed by atoms with van der Waals surface area (Å²) in [5.74, 6) is -0.0292. The van der Waals surface area contributed by atoms with Gasteiger partial charge in [-0.2, -0.15) is 0 Å². The maximum Gasteiger partial charge on any atom is 0.363 e. The molecule has 0 N–H and O–H groups in total. The molecule has 134 valence electrons. The highest BCUT2D eigenvalue weighted by Crippen LogP contribution is 2.29. The molecule has 0 amide bonds. The third-order valence-electron chi connectivity index (χ3n) is 4.30. The van der Waals surface area contributed by atoms with Gasteiger partial charge in [-0.3, -0.25) is 0 Å². The second kappa shape index (κ2) is 7.05. The number of cyclic esters (lactones) is 1. The van der Waals surface area contributed by atoms with E-state index in [1.165, 1.54) is 5.00 Å². The highest BCUT2D eigenvalue weighted by Gasteiger charge is 2.25. The predicted octanol–water partition coefficient (Wildman–Crippen LogP) is 3.55. The van der Waals surface area contributed by atoms with Crippen molar-refractivity contribution in [1.29, 1.82) is 0 Å². The van der Waals surface area contributed by atoms with Crippen LogP contribution >= 0.6 is 11.3 Å². The number of esters is 1. The smallest absolute Gasteiger partial charge is 0.363 e. The molecule has 1 aromatic carbocycles. The van der Waals surface area contributed by atoms with Gasteiger partial charge in [-0.25, -0.2) is 9.79 Å². The Labute approximate surface area is 156 Å². The number of nitrogens with zero attached hydrogens (tertiary/aromatic N) is 2. The molecule has 2 aromatic rings. The summed E-state index contributed by atoms with van der Waals surface area (Å²) in [6.45, 7) is 7.34. The summed E-state index contributed by atoms with van der Waals surface area (Å²) in [7, 11) is 0. The fourth-order valence-electron chi connectivity index (χ4n) is 3.14. The lowest BCUT2D eigenvalue weighted by Gasteiger charge is -2.27. The maximum atomic E-state index is 12.2. The molecule has 0 aliphatic carbocycles. The molecule has 1 saturated heterocycles. The van der Waals surface area contributed by atoms with Crippen molar-refractivity contribution in [2.24, 2.45) is 4.99 Å². The molecule has 2 aliphatic heterocycles. The normalized spacial score (nSPS) is 19.0. The van der Waals surface area contributed by atoms with Crippen molar-refractivity contribution in [3.05, 3.63) is 57.6 Å². The Morgan fingerprint density at radius 3 is 2.58 bits per heavy atom. The predicted molar refractivity (Wildman–Crippen MR) is 104 cm³/mol. The monoisotopic (exact) mass is 368 g/mol. The van der Waals surface area contributed by atoms with E-state index in [1.54, 1.807) is 17.4 Å². The Morgan fingerprint density at radius 1 is 1.12 bits per heavy atom. The molecule has 4 rings (SSSR count). The van der Waals surface area contributed by atoms with E-state index in [9.17, 15) is 4.79 Å². The first kappa shape index (κ1) is 17.0. The molecular formula is C20H20N2O3S. The largest absolute Gasteiger partial charge is 0.402 e. The zero-order valence-corrected chi connectivity index (χ0v) is 15.6. The highest BCUT2D eigenvalue weighted by atomic mass is 32.1. The molecule has 0 bridgehead atoms. The fourth-order valence-corrected chi connectivity index (χ4v) is 4.13. The number of morpholine rings is 1. The Hall–Kier alpha value is -2.44. The first-order valence-electron chi connectivity index (χ1n) is 8.62. The SMILES string of the molecule is Cc1cc(C)cc(C2=N/C(=C\c3ccc(N4CCOCC4)s3)C(=O)O2)c1. The summed E-state index contributed by atoms with van der Waals surface area (Å²) in [4.78, 5) is 19.9. The first-order chi connectivity index (χ1) is 12.6. The van der Waals surface area contributed by atoms with Gasteiger partial charge in [0.2, 0.25) is 5.90 Å². The topological polar surface area (TPSA) is 51.1 Å². The van der Waals surface area contributed by atoms with E-state index < -0.39 is 5.97 Å². The number of ether oxygens (including phenoxy) is 2. The van der Waals surface area contributed by atoms with Gasteiger partial charge in [-0.1, -0.05) is 17.2 Å². The summed E-state index contributed by atoms with van der Waals surface area (Å²) in [6, 6.07) is 10.1. The number of aliphatic imine (C=N–C) groups is 1. The van der Waals surface area contributed by atoms with Crippen LogP contribution in [-0.2, 0) is 14.3 Å². The van der Waals surface area contributed by atoms with Gasteiger partial charge < -0.3 is 14.4 Å². The molecule has 5 nitrogen and oxygen atoms in total. The first-order valence-corrected chi connectivity index (χ1v) is 9.44. The second-order valence-electron chi connectivity index (χ2n) is 6.49. The second-order valence-corrected chi connectivity index (χ2v) is 7.58. The standard InChI is InChI=1S/C20H20N2O3S/c1-13-9-14(2)11-15(10-13)19-21-17(20(23)25-19)12-16-3-4-18(26-16)22-5-7-24-8-6-22/h3-4,9-12H,5-8H2,1-2H3/b17-12-. The lowest BCUT2D eigenvalue weighted by molar-refractivity contribution is -0.129. The van der Waals surface area contributed by atoms with Crippen LogP contribution in [0.15, 0.2) is 41.0 Å². The van der Waals surface area contributed by atoms with E-state index in [-0.39, 0.29) is 0 Å². The quantitative estimate of drug-likeness (QED) is 0.614. The molecule has 0 spiro atoms. The van der Waals surface area contributed by atoms with Crippen molar-refractivity contribution < 1.29 is 14.3 Å². The average Bonchev–Trinajstić information content (AvgIpc) is 3.23. The third-order valence-corrected chi connectivity index (χ3v) is 5.40. The zero-order valence-electron chi connectivity index (χ0n) is 14.8. The maximum absolute atomic E-state index is 12.2. The van der Waals surface area contributed by atoms with Crippen molar-refractivity contribution in [2.45, 2.75) is 13.8 Å². The van der Waals surface area contributed by atoms with E-state index in [0.717, 1.165) is 47.9 Å². The van der Waals surface area contributed by atoms with Gasteiger partial charge in [0.05, 0.1) is 18.2 Å². The summed E-state index contributed by atoms with van der Waals surface area (Å²) in [6.07, 6.45) is 1.80. The lowest BCUT2D eigenvalue weighted by atomic mass is 10.1. The molecule has 3 heterocycles. The Balaban J connectivity index is 1.58. The van der Waals surface area contributed by atoms with Crippen molar-refractivity contribution in [2.75, 3.05) is 31.2 Å². The van der Waals surface area contributed by atoms with E-state index in [4.69, 9.17) is 9.47 Å². The number of benzene rings is 1. The van der Waals surface area contributed by atoms with Gasteiger partial charge in [0, 0.05) is 23.5 Å². The Morgan fingerprint density at radius 2 is 1.85 bits per heavy atom.